The van der Waals surface area contributed by atoms with Crippen molar-refractivity contribution in [2.24, 2.45) is 0 Å². The predicted molar refractivity (Wildman–Crippen MR) is 89.4 cm³/mol. The van der Waals surface area contributed by atoms with Crippen LogP contribution in [0.4, 0.5) is 0 Å². The summed E-state index contributed by atoms with van der Waals surface area (Å²) in [7, 11) is 0. The molecular formula is C18H34O5. The van der Waals surface area contributed by atoms with Crippen molar-refractivity contribution in [3.63, 3.8) is 0 Å². The lowest BCUT2D eigenvalue weighted by atomic mass is 9.93. The Balaban J connectivity index is 1.92. The van der Waals surface area contributed by atoms with Gasteiger partial charge in [-0.2, -0.15) is 0 Å². The van der Waals surface area contributed by atoms with Crippen molar-refractivity contribution in [3.05, 3.63) is 0 Å². The Hall–Kier alpha value is -0.650. The lowest BCUT2D eigenvalue weighted by Crippen LogP contribution is -2.34. The molecule has 1 rings (SSSR count). The molecule has 5 nitrogen and oxygen atoms in total. The van der Waals surface area contributed by atoms with Crippen LogP contribution in [0.3, 0.4) is 0 Å². The number of hydrogen-bond donors (Lipinski definition) is 3. The van der Waals surface area contributed by atoms with Crippen molar-refractivity contribution in [1.82, 2.24) is 0 Å². The first-order valence-electron chi connectivity index (χ1n) is 9.23. The maximum absolute atomic E-state index is 10.4. The Labute approximate surface area is 140 Å². The third kappa shape index (κ3) is 8.68. The number of carboxylic acid groups (broad SMARTS) is 1. The third-order valence-electron chi connectivity index (χ3n) is 4.85. The molecule has 0 bridgehead atoms. The normalized spacial score (nSPS) is 24.2. The highest BCUT2D eigenvalue weighted by molar-refractivity contribution is 5.66. The van der Waals surface area contributed by atoms with Crippen LogP contribution in [0.15, 0.2) is 0 Å². The highest BCUT2D eigenvalue weighted by Crippen LogP contribution is 2.34. The number of hydrogen-bond acceptors (Lipinski definition) is 4. The monoisotopic (exact) mass is 330 g/mol. The van der Waals surface area contributed by atoms with Crippen LogP contribution < -0.4 is 0 Å². The van der Waals surface area contributed by atoms with Gasteiger partial charge in [0.15, 0.2) is 0 Å². The minimum absolute atomic E-state index is 0.0498. The average Bonchev–Trinajstić information content (AvgIpc) is 2.96. The van der Waals surface area contributed by atoms with Gasteiger partial charge in [-0.15, -0.1) is 0 Å². The van der Waals surface area contributed by atoms with Gasteiger partial charge in [-0.25, -0.2) is 0 Å². The van der Waals surface area contributed by atoms with Gasteiger partial charge in [0.2, 0.25) is 0 Å². The Kier molecular flexibility index (Phi) is 10.5. The van der Waals surface area contributed by atoms with Crippen molar-refractivity contribution in [2.45, 2.75) is 95.2 Å². The first kappa shape index (κ1) is 20.4. The first-order chi connectivity index (χ1) is 11.1. The van der Waals surface area contributed by atoms with E-state index >= 15 is 0 Å². The summed E-state index contributed by atoms with van der Waals surface area (Å²) in [5.41, 5.74) is -0.405. The van der Waals surface area contributed by atoms with Crippen molar-refractivity contribution in [1.29, 1.82) is 0 Å². The van der Waals surface area contributed by atoms with Crippen LogP contribution in [0.5, 0.6) is 0 Å². The summed E-state index contributed by atoms with van der Waals surface area (Å²) in [4.78, 5) is 10.4. The van der Waals surface area contributed by atoms with Crippen LogP contribution in [0, 0.1) is 0 Å². The van der Waals surface area contributed by atoms with Crippen LogP contribution in [0.25, 0.3) is 0 Å². The molecule has 0 aromatic rings. The largest absolute Gasteiger partial charge is 0.481 e. The van der Waals surface area contributed by atoms with Gasteiger partial charge in [-0.3, -0.25) is 4.79 Å². The van der Waals surface area contributed by atoms with Crippen molar-refractivity contribution in [2.75, 3.05) is 13.2 Å². The summed E-state index contributed by atoms with van der Waals surface area (Å²) >= 11 is 0. The number of unbranched alkanes of at least 4 members (excludes halogenated alkanes) is 8. The Morgan fingerprint density at radius 1 is 0.957 bits per heavy atom. The molecule has 0 saturated carbocycles. The van der Waals surface area contributed by atoms with E-state index in [1.807, 2.05) is 0 Å². The topological polar surface area (TPSA) is 87.0 Å². The maximum Gasteiger partial charge on any atom is 0.303 e. The molecule has 1 saturated heterocycles. The lowest BCUT2D eigenvalue weighted by molar-refractivity contribution is -0.137. The minimum Gasteiger partial charge on any atom is -0.481 e. The summed E-state index contributed by atoms with van der Waals surface area (Å²) in [5.74, 6) is -0.692. The fourth-order valence-electron chi connectivity index (χ4n) is 3.36. The van der Waals surface area contributed by atoms with Gasteiger partial charge in [0.25, 0.3) is 0 Å². The Morgan fingerprint density at radius 3 is 2.00 bits per heavy atom. The fourth-order valence-corrected chi connectivity index (χ4v) is 3.36. The smallest absolute Gasteiger partial charge is 0.303 e. The van der Waals surface area contributed by atoms with Gasteiger partial charge in [-0.05, 0) is 25.7 Å². The summed E-state index contributed by atoms with van der Waals surface area (Å²) in [6.07, 6.45) is 12.8. The molecule has 1 aliphatic heterocycles. The molecule has 0 amide bonds. The second kappa shape index (κ2) is 11.8. The molecular weight excluding hydrogens is 296 g/mol. The summed E-state index contributed by atoms with van der Waals surface area (Å²) in [6.45, 7) is 0.105. The Bertz CT molecular complexity index is 321. The van der Waals surface area contributed by atoms with Gasteiger partial charge >= 0.3 is 5.97 Å². The van der Waals surface area contributed by atoms with E-state index < -0.39 is 11.6 Å². The first-order valence-corrected chi connectivity index (χ1v) is 9.23. The average molecular weight is 330 g/mol. The molecule has 2 unspecified atom stereocenters. The van der Waals surface area contributed by atoms with E-state index in [1.165, 1.54) is 25.7 Å². The van der Waals surface area contributed by atoms with E-state index in [4.69, 9.17) is 14.9 Å². The van der Waals surface area contributed by atoms with Crippen molar-refractivity contribution in [3.8, 4) is 0 Å². The molecule has 0 aromatic heterocycles. The summed E-state index contributed by atoms with van der Waals surface area (Å²) in [5, 5.41) is 27.2. The molecule has 5 heteroatoms. The zero-order valence-electron chi connectivity index (χ0n) is 14.3. The molecule has 3 N–H and O–H groups in total. The summed E-state index contributed by atoms with van der Waals surface area (Å²) < 4.78 is 5.81. The standard InChI is InChI=1S/C18H34O5/c19-14-16-11-13-18(15-20,23-16)12-9-7-5-3-1-2-4-6-8-10-17(21)22/h16,19-20H,1-15H2,(H,21,22). The molecule has 23 heavy (non-hydrogen) atoms. The van der Waals surface area contributed by atoms with Crippen LogP contribution >= 0.6 is 0 Å². The molecule has 1 fully saturated rings. The van der Waals surface area contributed by atoms with E-state index in [9.17, 15) is 9.90 Å². The highest BCUT2D eigenvalue weighted by Gasteiger charge is 2.38. The molecule has 0 aliphatic carbocycles. The number of ether oxygens (including phenoxy) is 1. The predicted octanol–water partition coefficient (Wildman–Crippen LogP) is 3.26. The molecule has 2 atom stereocenters. The molecule has 0 aromatic carbocycles. The van der Waals surface area contributed by atoms with Crippen LogP contribution in [-0.4, -0.2) is 46.2 Å². The zero-order chi connectivity index (χ0) is 17.0. The van der Waals surface area contributed by atoms with Crippen LogP contribution in [-0.2, 0) is 9.53 Å². The van der Waals surface area contributed by atoms with Gasteiger partial charge in [0, 0.05) is 6.42 Å². The minimum atomic E-state index is -0.692. The zero-order valence-corrected chi connectivity index (χ0v) is 14.3. The molecule has 0 spiro atoms. The van der Waals surface area contributed by atoms with Crippen LogP contribution in [0.2, 0.25) is 0 Å². The number of aliphatic hydroxyl groups excluding tert-OH is 2. The molecule has 1 heterocycles. The van der Waals surface area contributed by atoms with Gasteiger partial charge in [0.05, 0.1) is 24.9 Å². The quantitative estimate of drug-likeness (QED) is 0.426. The van der Waals surface area contributed by atoms with Gasteiger partial charge < -0.3 is 20.1 Å². The van der Waals surface area contributed by atoms with E-state index in [2.05, 4.69) is 0 Å². The van der Waals surface area contributed by atoms with Gasteiger partial charge in [-0.1, -0.05) is 51.4 Å². The summed E-state index contributed by atoms with van der Waals surface area (Å²) in [6, 6.07) is 0. The number of rotatable bonds is 14. The SMILES string of the molecule is O=C(O)CCCCCCCCCCCC1(CO)CCC(CO)O1. The Morgan fingerprint density at radius 2 is 1.52 bits per heavy atom. The molecule has 0 radical (unpaired) electrons. The van der Waals surface area contributed by atoms with E-state index in [1.54, 1.807) is 0 Å². The second-order valence-corrected chi connectivity index (χ2v) is 6.88. The number of carboxylic acids is 1. The van der Waals surface area contributed by atoms with E-state index in [0.29, 0.717) is 6.42 Å². The maximum atomic E-state index is 10.4. The molecule has 1 aliphatic rings. The van der Waals surface area contributed by atoms with Crippen LogP contribution in [0.1, 0.15) is 83.5 Å². The molecule has 136 valence electrons. The second-order valence-electron chi connectivity index (χ2n) is 6.88. The fraction of sp³-hybridized carbons (Fsp3) is 0.944. The number of aliphatic carboxylic acids is 1. The van der Waals surface area contributed by atoms with E-state index in [0.717, 1.165) is 51.4 Å². The highest BCUT2D eigenvalue weighted by atomic mass is 16.5. The van der Waals surface area contributed by atoms with Gasteiger partial charge in [0.1, 0.15) is 0 Å². The number of carbonyl (C=O) groups is 1. The van der Waals surface area contributed by atoms with E-state index in [-0.39, 0.29) is 19.3 Å². The van der Waals surface area contributed by atoms with Crippen molar-refractivity contribution < 1.29 is 24.9 Å². The number of aliphatic hydroxyl groups is 2. The lowest BCUT2D eigenvalue weighted by Gasteiger charge is -2.27. The third-order valence-corrected chi connectivity index (χ3v) is 4.85. The van der Waals surface area contributed by atoms with Crippen molar-refractivity contribution >= 4 is 5.97 Å².